The lowest BCUT2D eigenvalue weighted by atomic mass is 9.89. The third-order valence-corrected chi connectivity index (χ3v) is 5.86. The highest BCUT2D eigenvalue weighted by atomic mass is 127. The van der Waals surface area contributed by atoms with Crippen molar-refractivity contribution in [3.8, 4) is 0 Å². The number of ether oxygens (including phenoxy) is 1. The molecule has 0 amide bonds. The van der Waals surface area contributed by atoms with Gasteiger partial charge in [-0.25, -0.2) is 9.97 Å². The lowest BCUT2D eigenvalue weighted by Gasteiger charge is -2.36. The Morgan fingerprint density at radius 1 is 1.13 bits per heavy atom. The number of hydrogen-bond donors (Lipinski definition) is 1. The number of aromatic nitrogens is 2. The van der Waals surface area contributed by atoms with Crippen molar-refractivity contribution < 1.29 is 4.74 Å². The Kier molecular flexibility index (Phi) is 9.32. The van der Waals surface area contributed by atoms with Crippen molar-refractivity contribution in [1.29, 1.82) is 0 Å². The molecule has 2 aliphatic rings. The van der Waals surface area contributed by atoms with Crippen molar-refractivity contribution in [3.05, 3.63) is 53.9 Å². The van der Waals surface area contributed by atoms with Crippen molar-refractivity contribution >= 4 is 35.9 Å². The van der Waals surface area contributed by atoms with Crippen LogP contribution in [0, 0.1) is 0 Å². The third kappa shape index (κ3) is 6.29. The van der Waals surface area contributed by atoms with Crippen LogP contribution >= 0.6 is 24.0 Å². The fraction of sp³-hybridized carbons (Fsp3) is 0.522. The molecule has 4 rings (SSSR count). The number of aliphatic imine (C=N–C) groups is 1. The van der Waals surface area contributed by atoms with Gasteiger partial charge in [-0.3, -0.25) is 4.99 Å². The molecule has 1 atom stereocenters. The van der Waals surface area contributed by atoms with Gasteiger partial charge in [0.1, 0.15) is 0 Å². The number of guanidine groups is 1. The van der Waals surface area contributed by atoms with E-state index < -0.39 is 0 Å². The van der Waals surface area contributed by atoms with E-state index in [4.69, 9.17) is 4.74 Å². The molecule has 7 nitrogen and oxygen atoms in total. The first-order chi connectivity index (χ1) is 14.8. The van der Waals surface area contributed by atoms with E-state index in [-0.39, 0.29) is 30.1 Å². The Bertz CT molecular complexity index is 826. The van der Waals surface area contributed by atoms with E-state index in [1.54, 1.807) is 12.4 Å². The second-order valence-electron chi connectivity index (χ2n) is 7.80. The van der Waals surface area contributed by atoms with Gasteiger partial charge in [0.05, 0.1) is 6.10 Å². The maximum Gasteiger partial charge on any atom is 0.225 e. The highest BCUT2D eigenvalue weighted by Gasteiger charge is 2.22. The average molecular weight is 536 g/mol. The standard InChI is InChI=1S/C23H32N6O.HI/c1-24-22(28-14-16-29(17-15-28)23-26-11-5-12-27-23)25-13-6-18-30-21-10-4-8-19-7-2-3-9-20(19)21;/h2-3,5,7,9,11-12,21H,4,6,8,10,13-18H2,1H3,(H,24,25);1H. The zero-order valence-electron chi connectivity index (χ0n) is 18.2. The maximum absolute atomic E-state index is 6.22. The quantitative estimate of drug-likeness (QED) is 0.265. The smallest absolute Gasteiger partial charge is 0.225 e. The first kappa shape index (κ1) is 23.7. The summed E-state index contributed by atoms with van der Waals surface area (Å²) in [5, 5.41) is 3.50. The fourth-order valence-corrected chi connectivity index (χ4v) is 4.29. The Morgan fingerprint density at radius 2 is 1.90 bits per heavy atom. The van der Waals surface area contributed by atoms with Gasteiger partial charge in [-0.15, -0.1) is 24.0 Å². The molecule has 2 aromatic rings. The highest BCUT2D eigenvalue weighted by Crippen LogP contribution is 2.32. The molecule has 8 heteroatoms. The molecule has 1 aromatic heterocycles. The van der Waals surface area contributed by atoms with Gasteiger partial charge >= 0.3 is 0 Å². The number of aryl methyl sites for hydroxylation is 1. The monoisotopic (exact) mass is 536 g/mol. The second kappa shape index (κ2) is 12.2. The molecule has 1 fully saturated rings. The molecule has 1 aromatic carbocycles. The average Bonchev–Trinajstić information content (AvgIpc) is 2.82. The second-order valence-corrected chi connectivity index (χ2v) is 7.80. The molecular weight excluding hydrogens is 503 g/mol. The van der Waals surface area contributed by atoms with E-state index in [9.17, 15) is 0 Å². The van der Waals surface area contributed by atoms with Crippen LogP contribution in [0.2, 0.25) is 0 Å². The van der Waals surface area contributed by atoms with Crippen LogP contribution in [-0.4, -0.2) is 67.2 Å². The minimum atomic E-state index is 0. The van der Waals surface area contributed by atoms with Crippen LogP contribution in [0.4, 0.5) is 5.95 Å². The molecule has 1 saturated heterocycles. The largest absolute Gasteiger partial charge is 0.373 e. The Balaban J connectivity index is 0.00000272. The van der Waals surface area contributed by atoms with Crippen molar-refractivity contribution in [2.45, 2.75) is 31.8 Å². The van der Waals surface area contributed by atoms with Crippen molar-refractivity contribution in [2.75, 3.05) is 51.3 Å². The minimum Gasteiger partial charge on any atom is -0.373 e. The van der Waals surface area contributed by atoms with Crippen molar-refractivity contribution in [2.24, 2.45) is 4.99 Å². The van der Waals surface area contributed by atoms with Crippen LogP contribution in [0.15, 0.2) is 47.7 Å². The van der Waals surface area contributed by atoms with E-state index in [2.05, 4.69) is 54.3 Å². The molecule has 2 heterocycles. The van der Waals surface area contributed by atoms with E-state index in [1.165, 1.54) is 24.0 Å². The van der Waals surface area contributed by atoms with Gasteiger partial charge in [0.2, 0.25) is 5.95 Å². The molecule has 0 radical (unpaired) electrons. The zero-order chi connectivity index (χ0) is 20.6. The van der Waals surface area contributed by atoms with Gasteiger partial charge in [-0.1, -0.05) is 24.3 Å². The molecule has 1 aliphatic carbocycles. The van der Waals surface area contributed by atoms with Gasteiger partial charge < -0.3 is 19.9 Å². The molecular formula is C23H33IN6O. The van der Waals surface area contributed by atoms with E-state index >= 15 is 0 Å². The number of anilines is 1. The molecule has 0 saturated carbocycles. The maximum atomic E-state index is 6.22. The Morgan fingerprint density at radius 3 is 2.68 bits per heavy atom. The zero-order valence-corrected chi connectivity index (χ0v) is 20.6. The highest BCUT2D eigenvalue weighted by molar-refractivity contribution is 14.0. The first-order valence-electron chi connectivity index (χ1n) is 11.0. The molecule has 31 heavy (non-hydrogen) atoms. The van der Waals surface area contributed by atoms with Crippen LogP contribution in [0.5, 0.6) is 0 Å². The number of benzene rings is 1. The molecule has 1 unspecified atom stereocenters. The number of fused-ring (bicyclic) bond motifs is 1. The lowest BCUT2D eigenvalue weighted by molar-refractivity contribution is 0.0397. The van der Waals surface area contributed by atoms with Crippen LogP contribution < -0.4 is 10.2 Å². The van der Waals surface area contributed by atoms with Crippen molar-refractivity contribution in [3.63, 3.8) is 0 Å². The van der Waals surface area contributed by atoms with Gasteiger partial charge in [0.25, 0.3) is 0 Å². The lowest BCUT2D eigenvalue weighted by Crippen LogP contribution is -2.53. The molecule has 1 N–H and O–H groups in total. The predicted molar refractivity (Wildman–Crippen MR) is 135 cm³/mol. The summed E-state index contributed by atoms with van der Waals surface area (Å²) in [5.41, 5.74) is 2.83. The Hall–Kier alpha value is -1.94. The molecule has 168 valence electrons. The van der Waals surface area contributed by atoms with E-state index in [0.717, 1.165) is 64.1 Å². The Labute approximate surface area is 202 Å². The fourth-order valence-electron chi connectivity index (χ4n) is 4.29. The van der Waals surface area contributed by atoms with Crippen molar-refractivity contribution in [1.82, 2.24) is 20.2 Å². The summed E-state index contributed by atoms with van der Waals surface area (Å²) in [5.74, 6) is 1.77. The summed E-state index contributed by atoms with van der Waals surface area (Å²) < 4.78 is 6.22. The summed E-state index contributed by atoms with van der Waals surface area (Å²) in [7, 11) is 1.85. The normalized spacial score (nSPS) is 18.9. The van der Waals surface area contributed by atoms with E-state index in [1.807, 2.05) is 13.1 Å². The number of halogens is 1. The summed E-state index contributed by atoms with van der Waals surface area (Å²) in [4.78, 5) is 17.7. The van der Waals surface area contributed by atoms with Gasteiger partial charge in [-0.05, 0) is 42.9 Å². The summed E-state index contributed by atoms with van der Waals surface area (Å²) in [6.45, 7) is 5.25. The summed E-state index contributed by atoms with van der Waals surface area (Å²) >= 11 is 0. The van der Waals surface area contributed by atoms with Crippen LogP contribution in [-0.2, 0) is 11.2 Å². The van der Waals surface area contributed by atoms with Crippen LogP contribution in [0.3, 0.4) is 0 Å². The summed E-state index contributed by atoms with van der Waals surface area (Å²) in [6.07, 6.45) is 8.33. The minimum absolute atomic E-state index is 0. The number of piperazine rings is 1. The number of nitrogens with zero attached hydrogens (tertiary/aromatic N) is 5. The predicted octanol–water partition coefficient (Wildman–Crippen LogP) is 3.28. The molecule has 1 aliphatic heterocycles. The van der Waals surface area contributed by atoms with Crippen LogP contribution in [0.25, 0.3) is 0 Å². The van der Waals surface area contributed by atoms with Gasteiger partial charge in [-0.2, -0.15) is 0 Å². The van der Waals surface area contributed by atoms with Gasteiger partial charge in [0.15, 0.2) is 5.96 Å². The number of hydrogen-bond acceptors (Lipinski definition) is 5. The SMILES string of the molecule is CN=C(NCCCOC1CCCc2ccccc21)N1CCN(c2ncccn2)CC1.I. The molecule has 0 bridgehead atoms. The van der Waals surface area contributed by atoms with Gasteiger partial charge in [0, 0.05) is 58.8 Å². The number of nitrogens with one attached hydrogen (secondary N) is 1. The topological polar surface area (TPSA) is 65.9 Å². The summed E-state index contributed by atoms with van der Waals surface area (Å²) in [6, 6.07) is 10.6. The van der Waals surface area contributed by atoms with Crippen LogP contribution in [0.1, 0.15) is 36.5 Å². The first-order valence-corrected chi connectivity index (χ1v) is 11.0. The third-order valence-electron chi connectivity index (χ3n) is 5.86. The van der Waals surface area contributed by atoms with E-state index in [0.29, 0.717) is 0 Å². The molecule has 0 spiro atoms. The number of rotatable bonds is 6.